The molecule has 1 fully saturated rings. The van der Waals surface area contributed by atoms with Gasteiger partial charge in [-0.2, -0.15) is 0 Å². The van der Waals surface area contributed by atoms with Crippen LogP contribution in [0.2, 0.25) is 0 Å². The predicted molar refractivity (Wildman–Crippen MR) is 83.7 cm³/mol. The molecular formula is C17H23N3. The third-order valence-corrected chi connectivity index (χ3v) is 4.21. The molecule has 0 aliphatic carbocycles. The Morgan fingerprint density at radius 2 is 2.05 bits per heavy atom. The van der Waals surface area contributed by atoms with E-state index in [1.807, 2.05) is 0 Å². The molecule has 2 aromatic rings. The van der Waals surface area contributed by atoms with Gasteiger partial charge in [0.1, 0.15) is 0 Å². The molecule has 1 N–H and O–H groups in total. The number of fused-ring (bicyclic) bond motifs is 1. The standard InChI is InChI=1S/C17H23N3/c1-13-11-20(14(2)9-10-18-13)12-16-8-7-15-5-3-4-6-17(15)19-16/h3-8,13-14,18H,9-12H2,1-2H3. The Hall–Kier alpha value is -1.45. The van der Waals surface area contributed by atoms with Crippen LogP contribution in [-0.4, -0.2) is 35.1 Å². The molecular weight excluding hydrogens is 246 g/mol. The van der Waals surface area contributed by atoms with Crippen molar-refractivity contribution in [2.45, 2.75) is 38.9 Å². The molecule has 1 aliphatic rings. The average Bonchev–Trinajstić information content (AvgIpc) is 2.61. The fourth-order valence-electron chi connectivity index (χ4n) is 2.94. The maximum atomic E-state index is 4.80. The van der Waals surface area contributed by atoms with E-state index in [4.69, 9.17) is 4.98 Å². The van der Waals surface area contributed by atoms with Crippen LogP contribution in [0.4, 0.5) is 0 Å². The Balaban J connectivity index is 1.80. The van der Waals surface area contributed by atoms with Crippen molar-refractivity contribution < 1.29 is 0 Å². The highest BCUT2D eigenvalue weighted by Crippen LogP contribution is 2.16. The molecule has 0 bridgehead atoms. The fourth-order valence-corrected chi connectivity index (χ4v) is 2.94. The molecule has 0 amide bonds. The molecule has 0 radical (unpaired) electrons. The van der Waals surface area contributed by atoms with Crippen molar-refractivity contribution in [1.29, 1.82) is 0 Å². The summed E-state index contributed by atoms with van der Waals surface area (Å²) in [5, 5.41) is 4.78. The van der Waals surface area contributed by atoms with Crippen LogP contribution in [0, 0.1) is 0 Å². The third-order valence-electron chi connectivity index (χ3n) is 4.21. The van der Waals surface area contributed by atoms with E-state index in [-0.39, 0.29) is 0 Å². The highest BCUT2D eigenvalue weighted by atomic mass is 15.2. The highest BCUT2D eigenvalue weighted by molar-refractivity contribution is 5.78. The Morgan fingerprint density at radius 3 is 2.95 bits per heavy atom. The van der Waals surface area contributed by atoms with Crippen LogP contribution in [0.3, 0.4) is 0 Å². The summed E-state index contributed by atoms with van der Waals surface area (Å²) in [5.41, 5.74) is 2.27. The van der Waals surface area contributed by atoms with Gasteiger partial charge >= 0.3 is 0 Å². The van der Waals surface area contributed by atoms with Gasteiger partial charge in [-0.3, -0.25) is 9.88 Å². The van der Waals surface area contributed by atoms with E-state index >= 15 is 0 Å². The molecule has 1 saturated heterocycles. The van der Waals surface area contributed by atoms with Gasteiger partial charge in [0.15, 0.2) is 0 Å². The van der Waals surface area contributed by atoms with E-state index in [1.165, 1.54) is 17.5 Å². The van der Waals surface area contributed by atoms with Crippen LogP contribution in [0.15, 0.2) is 36.4 Å². The summed E-state index contributed by atoms with van der Waals surface area (Å²) in [4.78, 5) is 7.34. The zero-order valence-corrected chi connectivity index (χ0v) is 12.3. The van der Waals surface area contributed by atoms with Crippen LogP contribution in [-0.2, 0) is 6.54 Å². The number of benzene rings is 1. The van der Waals surface area contributed by atoms with E-state index < -0.39 is 0 Å². The monoisotopic (exact) mass is 269 g/mol. The van der Waals surface area contributed by atoms with E-state index in [0.717, 1.165) is 25.2 Å². The number of hydrogen-bond donors (Lipinski definition) is 1. The first-order chi connectivity index (χ1) is 9.72. The summed E-state index contributed by atoms with van der Waals surface area (Å²) >= 11 is 0. The number of pyridine rings is 1. The fraction of sp³-hybridized carbons (Fsp3) is 0.471. The first-order valence-electron chi connectivity index (χ1n) is 7.54. The molecule has 1 aromatic heterocycles. The van der Waals surface area contributed by atoms with Crippen molar-refractivity contribution in [2.24, 2.45) is 0 Å². The van der Waals surface area contributed by atoms with Gasteiger partial charge in [0, 0.05) is 30.6 Å². The van der Waals surface area contributed by atoms with Gasteiger partial charge in [0.05, 0.1) is 11.2 Å². The lowest BCUT2D eigenvalue weighted by Crippen LogP contribution is -2.38. The number of rotatable bonds is 2. The Kier molecular flexibility index (Phi) is 3.99. The third kappa shape index (κ3) is 3.00. The van der Waals surface area contributed by atoms with Crippen molar-refractivity contribution >= 4 is 10.9 Å². The first-order valence-corrected chi connectivity index (χ1v) is 7.54. The minimum atomic E-state index is 0.556. The quantitative estimate of drug-likeness (QED) is 0.908. The Morgan fingerprint density at radius 1 is 1.20 bits per heavy atom. The van der Waals surface area contributed by atoms with Gasteiger partial charge in [-0.05, 0) is 38.9 Å². The predicted octanol–water partition coefficient (Wildman–Crippen LogP) is 2.81. The van der Waals surface area contributed by atoms with Crippen LogP contribution < -0.4 is 5.32 Å². The largest absolute Gasteiger partial charge is 0.313 e. The second kappa shape index (κ2) is 5.90. The Bertz CT molecular complexity index is 581. The summed E-state index contributed by atoms with van der Waals surface area (Å²) in [6, 6.07) is 13.8. The summed E-state index contributed by atoms with van der Waals surface area (Å²) in [7, 11) is 0. The number of hydrogen-bond acceptors (Lipinski definition) is 3. The molecule has 2 heterocycles. The normalized spacial score (nSPS) is 24.7. The molecule has 3 rings (SSSR count). The molecule has 2 unspecified atom stereocenters. The van der Waals surface area contributed by atoms with Crippen LogP contribution in [0.1, 0.15) is 26.0 Å². The molecule has 0 saturated carbocycles. The number of para-hydroxylation sites is 1. The summed E-state index contributed by atoms with van der Waals surface area (Å²) in [6.45, 7) is 7.73. The van der Waals surface area contributed by atoms with Crippen molar-refractivity contribution in [3.8, 4) is 0 Å². The number of nitrogens with one attached hydrogen (secondary N) is 1. The van der Waals surface area contributed by atoms with Gasteiger partial charge in [0.2, 0.25) is 0 Å². The van der Waals surface area contributed by atoms with E-state index in [1.54, 1.807) is 0 Å². The molecule has 0 spiro atoms. The van der Waals surface area contributed by atoms with Crippen molar-refractivity contribution in [2.75, 3.05) is 13.1 Å². The lowest BCUT2D eigenvalue weighted by Gasteiger charge is -2.27. The van der Waals surface area contributed by atoms with Gasteiger partial charge in [-0.15, -0.1) is 0 Å². The smallest absolute Gasteiger partial charge is 0.0705 e. The second-order valence-corrected chi connectivity index (χ2v) is 5.92. The van der Waals surface area contributed by atoms with Crippen molar-refractivity contribution in [1.82, 2.24) is 15.2 Å². The average molecular weight is 269 g/mol. The minimum Gasteiger partial charge on any atom is -0.313 e. The minimum absolute atomic E-state index is 0.556. The van der Waals surface area contributed by atoms with Gasteiger partial charge in [-0.1, -0.05) is 24.3 Å². The lowest BCUT2D eigenvalue weighted by molar-refractivity contribution is 0.197. The summed E-state index contributed by atoms with van der Waals surface area (Å²) in [5.74, 6) is 0. The van der Waals surface area contributed by atoms with E-state index in [2.05, 4.69) is 60.5 Å². The molecule has 106 valence electrons. The molecule has 1 aromatic carbocycles. The Labute approximate surface area is 121 Å². The molecule has 1 aliphatic heterocycles. The maximum Gasteiger partial charge on any atom is 0.0705 e. The van der Waals surface area contributed by atoms with Crippen molar-refractivity contribution in [3.05, 3.63) is 42.1 Å². The zero-order chi connectivity index (χ0) is 13.9. The van der Waals surface area contributed by atoms with Gasteiger partial charge in [0.25, 0.3) is 0 Å². The highest BCUT2D eigenvalue weighted by Gasteiger charge is 2.20. The number of aromatic nitrogens is 1. The lowest BCUT2D eigenvalue weighted by atomic mass is 10.1. The first kappa shape index (κ1) is 13.5. The molecule has 20 heavy (non-hydrogen) atoms. The van der Waals surface area contributed by atoms with Crippen LogP contribution >= 0.6 is 0 Å². The van der Waals surface area contributed by atoms with Crippen LogP contribution in [0.5, 0.6) is 0 Å². The van der Waals surface area contributed by atoms with Gasteiger partial charge < -0.3 is 5.32 Å². The number of nitrogens with zero attached hydrogens (tertiary/aromatic N) is 2. The van der Waals surface area contributed by atoms with Crippen LogP contribution in [0.25, 0.3) is 10.9 Å². The molecule has 3 heteroatoms. The maximum absolute atomic E-state index is 4.80. The molecule has 2 atom stereocenters. The summed E-state index contributed by atoms with van der Waals surface area (Å²) < 4.78 is 0. The second-order valence-electron chi connectivity index (χ2n) is 5.92. The summed E-state index contributed by atoms with van der Waals surface area (Å²) in [6.07, 6.45) is 1.21. The van der Waals surface area contributed by atoms with E-state index in [9.17, 15) is 0 Å². The topological polar surface area (TPSA) is 28.2 Å². The molecule has 3 nitrogen and oxygen atoms in total. The van der Waals surface area contributed by atoms with Gasteiger partial charge in [-0.25, -0.2) is 0 Å². The van der Waals surface area contributed by atoms with E-state index in [0.29, 0.717) is 12.1 Å². The van der Waals surface area contributed by atoms with Crippen molar-refractivity contribution in [3.63, 3.8) is 0 Å². The zero-order valence-electron chi connectivity index (χ0n) is 12.3. The SMILES string of the molecule is CC1CN(Cc2ccc3ccccc3n2)C(C)CCN1.